The summed E-state index contributed by atoms with van der Waals surface area (Å²) in [5, 5.41) is 10.6. The van der Waals surface area contributed by atoms with Crippen molar-refractivity contribution in [2.45, 2.75) is 89.2 Å². The number of aliphatic hydroxyl groups is 1. The molecule has 1 N–H and O–H groups in total. The Balaban J connectivity index is 1.90. The summed E-state index contributed by atoms with van der Waals surface area (Å²) in [7, 11) is 0. The van der Waals surface area contributed by atoms with Crippen LogP contribution in [0.2, 0.25) is 0 Å². The van der Waals surface area contributed by atoms with Crippen molar-refractivity contribution in [3.63, 3.8) is 0 Å². The molecule has 126 valence electrons. The van der Waals surface area contributed by atoms with Crippen molar-refractivity contribution in [2.75, 3.05) is 0 Å². The van der Waals surface area contributed by atoms with E-state index in [0.717, 1.165) is 0 Å². The number of fused-ring (bicyclic) bond motifs is 3. The van der Waals surface area contributed by atoms with Crippen LogP contribution >= 0.6 is 0 Å². The number of hydrogen-bond acceptors (Lipinski definition) is 7. The average molecular weight is 316 g/mol. The minimum Gasteiger partial charge on any atom is -0.457 e. The Morgan fingerprint density at radius 1 is 0.955 bits per heavy atom. The van der Waals surface area contributed by atoms with Crippen LogP contribution in [-0.4, -0.2) is 59.3 Å². The van der Waals surface area contributed by atoms with E-state index in [2.05, 4.69) is 0 Å². The second-order valence-corrected chi connectivity index (χ2v) is 6.93. The zero-order valence-corrected chi connectivity index (χ0v) is 13.6. The first-order valence-corrected chi connectivity index (χ1v) is 7.72. The van der Waals surface area contributed by atoms with Gasteiger partial charge in [0.1, 0.15) is 30.5 Å². The molecule has 0 aromatic rings. The summed E-state index contributed by atoms with van der Waals surface area (Å²) < 4.78 is 28.9. The fourth-order valence-corrected chi connectivity index (χ4v) is 3.41. The van der Waals surface area contributed by atoms with Gasteiger partial charge in [0.25, 0.3) is 0 Å². The van der Waals surface area contributed by atoms with E-state index in [0.29, 0.717) is 0 Å². The minimum atomic E-state index is -1.03. The maximum absolute atomic E-state index is 11.7. The topological polar surface area (TPSA) is 83.5 Å². The molecule has 0 amide bonds. The molecular weight excluding hydrogens is 292 g/mol. The molecule has 1 saturated carbocycles. The van der Waals surface area contributed by atoms with Gasteiger partial charge in [0.05, 0.1) is 0 Å². The second kappa shape index (κ2) is 5.14. The minimum absolute atomic E-state index is 0.224. The lowest BCUT2D eigenvalue weighted by atomic mass is 9.85. The van der Waals surface area contributed by atoms with Gasteiger partial charge >= 0.3 is 5.97 Å². The summed E-state index contributed by atoms with van der Waals surface area (Å²) in [6, 6.07) is 0. The molecule has 2 aliphatic heterocycles. The Hall–Kier alpha value is -0.730. The molecule has 3 rings (SSSR count). The van der Waals surface area contributed by atoms with Crippen molar-refractivity contribution in [1.29, 1.82) is 0 Å². The third-order valence-electron chi connectivity index (χ3n) is 4.20. The van der Waals surface area contributed by atoms with Gasteiger partial charge in [-0.05, 0) is 27.7 Å². The highest BCUT2D eigenvalue weighted by Crippen LogP contribution is 2.45. The first-order valence-electron chi connectivity index (χ1n) is 7.72. The average Bonchev–Trinajstić information content (AvgIpc) is 2.90. The molecule has 2 saturated heterocycles. The Labute approximate surface area is 129 Å². The molecule has 0 spiro atoms. The molecule has 2 heterocycles. The lowest BCUT2D eigenvalue weighted by molar-refractivity contribution is -0.199. The van der Waals surface area contributed by atoms with Crippen molar-refractivity contribution in [1.82, 2.24) is 0 Å². The van der Waals surface area contributed by atoms with Crippen LogP contribution in [0.5, 0.6) is 0 Å². The number of hydrogen-bond donors (Lipinski definition) is 1. The normalized spacial score (nSPS) is 45.2. The zero-order valence-electron chi connectivity index (χ0n) is 13.6. The largest absolute Gasteiger partial charge is 0.457 e. The molecule has 0 aromatic heterocycles. The summed E-state index contributed by atoms with van der Waals surface area (Å²) >= 11 is 0. The molecule has 3 aliphatic rings. The quantitative estimate of drug-likeness (QED) is 0.752. The maximum Gasteiger partial charge on any atom is 0.305 e. The van der Waals surface area contributed by atoms with Gasteiger partial charge in [-0.3, -0.25) is 4.79 Å². The molecule has 0 bridgehead atoms. The second-order valence-electron chi connectivity index (χ2n) is 6.93. The van der Waals surface area contributed by atoms with Crippen molar-refractivity contribution < 1.29 is 33.6 Å². The van der Waals surface area contributed by atoms with Crippen LogP contribution in [0.3, 0.4) is 0 Å². The van der Waals surface area contributed by atoms with Gasteiger partial charge in [-0.1, -0.05) is 6.92 Å². The lowest BCUT2D eigenvalue weighted by Crippen LogP contribution is -2.62. The third kappa shape index (κ3) is 2.65. The highest BCUT2D eigenvalue weighted by molar-refractivity contribution is 5.69. The maximum atomic E-state index is 11.7. The van der Waals surface area contributed by atoms with Gasteiger partial charge < -0.3 is 28.8 Å². The van der Waals surface area contributed by atoms with E-state index >= 15 is 0 Å². The summed E-state index contributed by atoms with van der Waals surface area (Å²) in [4.78, 5) is 11.7. The van der Waals surface area contributed by atoms with Gasteiger partial charge in [-0.25, -0.2) is 0 Å². The Morgan fingerprint density at radius 3 is 1.95 bits per heavy atom. The van der Waals surface area contributed by atoms with Crippen LogP contribution in [0.4, 0.5) is 0 Å². The van der Waals surface area contributed by atoms with Gasteiger partial charge in [-0.15, -0.1) is 0 Å². The van der Waals surface area contributed by atoms with E-state index in [1.165, 1.54) is 0 Å². The summed E-state index contributed by atoms with van der Waals surface area (Å²) in [5.41, 5.74) is 0. The van der Waals surface area contributed by atoms with Crippen LogP contribution in [-0.2, 0) is 28.5 Å². The predicted molar refractivity (Wildman–Crippen MR) is 73.8 cm³/mol. The number of carbonyl (C=O) groups excluding carboxylic acids is 1. The van der Waals surface area contributed by atoms with E-state index in [4.69, 9.17) is 23.7 Å². The van der Waals surface area contributed by atoms with Gasteiger partial charge in [-0.2, -0.15) is 0 Å². The predicted octanol–water partition coefficient (Wildman–Crippen LogP) is 0.723. The third-order valence-corrected chi connectivity index (χ3v) is 4.20. The van der Waals surface area contributed by atoms with E-state index in [1.807, 2.05) is 0 Å². The highest BCUT2D eigenvalue weighted by Gasteiger charge is 2.64. The summed E-state index contributed by atoms with van der Waals surface area (Å²) in [6.07, 6.45) is -3.77. The molecule has 3 fully saturated rings. The van der Waals surface area contributed by atoms with Crippen LogP contribution < -0.4 is 0 Å². The van der Waals surface area contributed by atoms with Crippen LogP contribution in [0.25, 0.3) is 0 Å². The van der Waals surface area contributed by atoms with Gasteiger partial charge in [0, 0.05) is 6.42 Å². The number of carbonyl (C=O) groups is 1. The van der Waals surface area contributed by atoms with Crippen molar-refractivity contribution in [3.8, 4) is 0 Å². The first-order chi connectivity index (χ1) is 10.1. The molecule has 7 heteroatoms. The lowest BCUT2D eigenvalue weighted by Gasteiger charge is -2.40. The monoisotopic (exact) mass is 316 g/mol. The van der Waals surface area contributed by atoms with E-state index in [1.54, 1.807) is 34.6 Å². The molecule has 0 aromatic carbocycles. The van der Waals surface area contributed by atoms with Crippen molar-refractivity contribution in [3.05, 3.63) is 0 Å². The Bertz CT molecular complexity index is 461. The summed E-state index contributed by atoms with van der Waals surface area (Å²) in [5.74, 6) is -2.06. The SMILES string of the molecule is CCC(=O)O[C@H]1[C@H](O)[C@H]2OC(C)(C)O[C@H]2[C@@H]2OC(C)(C)O[C@@H]21. The van der Waals surface area contributed by atoms with Crippen LogP contribution in [0.15, 0.2) is 0 Å². The molecule has 0 radical (unpaired) electrons. The molecule has 6 atom stereocenters. The van der Waals surface area contributed by atoms with Crippen LogP contribution in [0, 0.1) is 0 Å². The van der Waals surface area contributed by atoms with E-state index < -0.39 is 54.2 Å². The van der Waals surface area contributed by atoms with Gasteiger partial charge in [0.15, 0.2) is 17.7 Å². The molecule has 7 nitrogen and oxygen atoms in total. The molecular formula is C15H24O7. The van der Waals surface area contributed by atoms with Gasteiger partial charge in [0.2, 0.25) is 0 Å². The molecule has 0 unspecified atom stereocenters. The fourth-order valence-electron chi connectivity index (χ4n) is 3.41. The Kier molecular flexibility index (Phi) is 3.77. The zero-order chi connectivity index (χ0) is 16.3. The summed E-state index contributed by atoms with van der Waals surface area (Å²) in [6.45, 7) is 8.83. The van der Waals surface area contributed by atoms with Crippen molar-refractivity contribution in [2.24, 2.45) is 0 Å². The molecule has 22 heavy (non-hydrogen) atoms. The van der Waals surface area contributed by atoms with Crippen LogP contribution in [0.1, 0.15) is 41.0 Å². The smallest absolute Gasteiger partial charge is 0.305 e. The van der Waals surface area contributed by atoms with Crippen molar-refractivity contribution >= 4 is 5.97 Å². The number of ether oxygens (including phenoxy) is 5. The number of rotatable bonds is 2. The highest BCUT2D eigenvalue weighted by atomic mass is 16.8. The fraction of sp³-hybridized carbons (Fsp3) is 0.933. The first kappa shape index (κ1) is 16.1. The standard InChI is InChI=1S/C15H24O7/c1-6-7(16)18-9-8(17)10-12(21-14(2,3)19-10)13-11(9)20-15(4,5)22-13/h8-13,17H,6H2,1-5H3/t8-,9-,10+,11+,12+,13+/m0/s1. The van der Waals surface area contributed by atoms with E-state index in [9.17, 15) is 9.90 Å². The molecule has 1 aliphatic carbocycles. The number of esters is 1. The van der Waals surface area contributed by atoms with E-state index in [-0.39, 0.29) is 6.42 Å². The Morgan fingerprint density at radius 2 is 1.41 bits per heavy atom. The number of aliphatic hydroxyl groups excluding tert-OH is 1.